The van der Waals surface area contributed by atoms with Crippen molar-refractivity contribution in [3.05, 3.63) is 63.1 Å². The molecule has 148 valence electrons. The zero-order valence-electron chi connectivity index (χ0n) is 15.8. The first-order valence-corrected chi connectivity index (χ1v) is 10.3. The highest BCUT2D eigenvalue weighted by Crippen LogP contribution is 2.40. The molecular formula is C22H23Cl2NO3. The van der Waals surface area contributed by atoms with E-state index < -0.39 is 0 Å². The van der Waals surface area contributed by atoms with E-state index in [0.717, 1.165) is 43.7 Å². The van der Waals surface area contributed by atoms with Gasteiger partial charge in [-0.25, -0.2) is 0 Å². The van der Waals surface area contributed by atoms with Gasteiger partial charge in [-0.15, -0.1) is 0 Å². The lowest BCUT2D eigenvalue weighted by molar-refractivity contribution is -0.145. The normalized spacial score (nSPS) is 21.5. The van der Waals surface area contributed by atoms with E-state index >= 15 is 0 Å². The van der Waals surface area contributed by atoms with Crippen molar-refractivity contribution in [3.63, 3.8) is 0 Å². The third-order valence-corrected chi connectivity index (χ3v) is 6.51. The Hall–Kier alpha value is -1.75. The summed E-state index contributed by atoms with van der Waals surface area (Å²) >= 11 is 12.4. The van der Waals surface area contributed by atoms with E-state index in [1.165, 1.54) is 18.2 Å². The van der Waals surface area contributed by atoms with Crippen LogP contribution in [0.2, 0.25) is 10.0 Å². The zero-order chi connectivity index (χ0) is 19.7. The second-order valence-electron chi connectivity index (χ2n) is 7.41. The molecular weight excluding hydrogens is 397 g/mol. The van der Waals surface area contributed by atoms with Gasteiger partial charge in [-0.1, -0.05) is 35.3 Å². The Balaban J connectivity index is 1.43. The minimum atomic E-state index is -0.0947. The average molecular weight is 420 g/mol. The largest absolute Gasteiger partial charge is 0.489 e. The highest BCUT2D eigenvalue weighted by Gasteiger charge is 2.36. The molecule has 1 aliphatic carbocycles. The summed E-state index contributed by atoms with van der Waals surface area (Å²) in [5.41, 5.74) is 3.46. The highest BCUT2D eigenvalue weighted by molar-refractivity contribution is 6.35. The molecule has 6 heteroatoms. The lowest BCUT2D eigenvalue weighted by atomic mass is 10.1. The minimum Gasteiger partial charge on any atom is -0.489 e. The van der Waals surface area contributed by atoms with Crippen molar-refractivity contribution < 1.29 is 14.3 Å². The predicted octanol–water partition coefficient (Wildman–Crippen LogP) is 5.05. The Bertz CT molecular complexity index is 866. The summed E-state index contributed by atoms with van der Waals surface area (Å²) in [5.74, 6) is 0.726. The van der Waals surface area contributed by atoms with Gasteiger partial charge in [0.2, 0.25) is 0 Å². The molecule has 28 heavy (non-hydrogen) atoms. The molecule has 1 heterocycles. The summed E-state index contributed by atoms with van der Waals surface area (Å²) in [4.78, 5) is 14.2. The van der Waals surface area contributed by atoms with E-state index in [1.54, 1.807) is 0 Å². The first kappa shape index (κ1) is 19.6. The second-order valence-corrected chi connectivity index (χ2v) is 8.22. The highest BCUT2D eigenvalue weighted by atomic mass is 35.5. The van der Waals surface area contributed by atoms with Gasteiger partial charge in [0.25, 0.3) is 0 Å². The molecule has 0 aromatic heterocycles. The fourth-order valence-electron chi connectivity index (χ4n) is 4.30. The third kappa shape index (κ3) is 3.86. The van der Waals surface area contributed by atoms with Gasteiger partial charge in [0.15, 0.2) is 0 Å². The van der Waals surface area contributed by atoms with Gasteiger partial charge in [0, 0.05) is 28.2 Å². The molecule has 2 aliphatic rings. The third-order valence-electron chi connectivity index (χ3n) is 5.80. The van der Waals surface area contributed by atoms with Crippen LogP contribution in [0.4, 0.5) is 0 Å². The van der Waals surface area contributed by atoms with E-state index in [1.807, 2.05) is 24.3 Å². The predicted molar refractivity (Wildman–Crippen MR) is 110 cm³/mol. The summed E-state index contributed by atoms with van der Waals surface area (Å²) in [7, 11) is 1.47. The van der Waals surface area contributed by atoms with Crippen molar-refractivity contribution >= 4 is 29.2 Å². The van der Waals surface area contributed by atoms with Crippen LogP contribution in [0.25, 0.3) is 0 Å². The molecule has 2 atom stereocenters. The number of fused-ring (bicyclic) bond motifs is 1. The van der Waals surface area contributed by atoms with Gasteiger partial charge < -0.3 is 9.47 Å². The smallest absolute Gasteiger partial charge is 0.310 e. The fourth-order valence-corrected chi connectivity index (χ4v) is 4.80. The second kappa shape index (κ2) is 8.32. The number of methoxy groups -OCH3 is 1. The SMILES string of the molecule is COC(=O)[C@H]1CCN(C2CCc3cc(OCc4c(Cl)cccc4Cl)ccc32)C1. The molecule has 2 aromatic rings. The van der Waals surface area contributed by atoms with E-state index in [9.17, 15) is 4.79 Å². The van der Waals surface area contributed by atoms with E-state index in [0.29, 0.717) is 22.7 Å². The number of hydrogen-bond donors (Lipinski definition) is 0. The van der Waals surface area contributed by atoms with Gasteiger partial charge in [-0.3, -0.25) is 9.69 Å². The molecule has 1 unspecified atom stereocenters. The van der Waals surface area contributed by atoms with Gasteiger partial charge in [0.05, 0.1) is 13.0 Å². The van der Waals surface area contributed by atoms with Crippen molar-refractivity contribution in [3.8, 4) is 5.75 Å². The van der Waals surface area contributed by atoms with E-state index in [-0.39, 0.29) is 11.9 Å². The molecule has 4 rings (SSSR count). The quantitative estimate of drug-likeness (QED) is 0.635. The number of carbonyl (C=O) groups excluding carboxylic acids is 1. The molecule has 0 amide bonds. The van der Waals surface area contributed by atoms with Crippen LogP contribution in [0.3, 0.4) is 0 Å². The molecule has 0 spiro atoms. The number of hydrogen-bond acceptors (Lipinski definition) is 4. The van der Waals surface area contributed by atoms with Gasteiger partial charge in [-0.05, 0) is 61.2 Å². The van der Waals surface area contributed by atoms with Crippen molar-refractivity contribution in [2.24, 2.45) is 5.92 Å². The van der Waals surface area contributed by atoms with Crippen LogP contribution in [-0.2, 0) is 22.6 Å². The first-order chi connectivity index (χ1) is 13.6. The van der Waals surface area contributed by atoms with Crippen LogP contribution in [0.5, 0.6) is 5.75 Å². The first-order valence-electron chi connectivity index (χ1n) is 9.57. The zero-order valence-corrected chi connectivity index (χ0v) is 17.3. The molecule has 2 aromatic carbocycles. The van der Waals surface area contributed by atoms with Crippen molar-refractivity contribution in [1.82, 2.24) is 4.90 Å². The van der Waals surface area contributed by atoms with Crippen molar-refractivity contribution in [2.45, 2.75) is 31.9 Å². The fraction of sp³-hybridized carbons (Fsp3) is 0.409. The molecule has 1 aliphatic heterocycles. The Morgan fingerprint density at radius 2 is 1.96 bits per heavy atom. The van der Waals surface area contributed by atoms with Gasteiger partial charge >= 0.3 is 5.97 Å². The number of halogens is 2. The molecule has 0 radical (unpaired) electrons. The summed E-state index contributed by atoms with van der Waals surface area (Å²) in [6.45, 7) is 2.06. The van der Waals surface area contributed by atoms with Crippen LogP contribution in [0.1, 0.15) is 35.6 Å². The number of rotatable bonds is 5. The van der Waals surface area contributed by atoms with Gasteiger partial charge in [-0.2, -0.15) is 0 Å². The number of likely N-dealkylation sites (tertiary alicyclic amines) is 1. The monoisotopic (exact) mass is 419 g/mol. The standard InChI is InChI=1S/C22H23Cl2NO3/c1-27-22(26)15-9-10-25(12-15)21-8-5-14-11-16(6-7-17(14)21)28-13-18-19(23)3-2-4-20(18)24/h2-4,6-7,11,15,21H,5,8-10,12-13H2,1H3/t15-,21?/m0/s1. The van der Waals surface area contributed by atoms with Crippen LogP contribution < -0.4 is 4.74 Å². The van der Waals surface area contributed by atoms with E-state index in [4.69, 9.17) is 32.7 Å². The number of carbonyl (C=O) groups is 1. The maximum Gasteiger partial charge on any atom is 0.310 e. The summed E-state index contributed by atoms with van der Waals surface area (Å²) in [5, 5.41) is 1.23. The Morgan fingerprint density at radius 1 is 1.18 bits per heavy atom. The van der Waals surface area contributed by atoms with Crippen LogP contribution >= 0.6 is 23.2 Å². The van der Waals surface area contributed by atoms with Crippen molar-refractivity contribution in [2.75, 3.05) is 20.2 Å². The van der Waals surface area contributed by atoms with Crippen LogP contribution in [-0.4, -0.2) is 31.1 Å². The maximum atomic E-state index is 11.8. The van der Waals surface area contributed by atoms with Crippen LogP contribution in [0.15, 0.2) is 36.4 Å². The average Bonchev–Trinajstić information content (AvgIpc) is 3.33. The van der Waals surface area contributed by atoms with E-state index in [2.05, 4.69) is 17.0 Å². The number of nitrogens with zero attached hydrogens (tertiary/aromatic N) is 1. The Kier molecular flexibility index (Phi) is 5.81. The molecule has 4 nitrogen and oxygen atoms in total. The van der Waals surface area contributed by atoms with Crippen LogP contribution in [0, 0.1) is 5.92 Å². The molecule has 0 saturated carbocycles. The van der Waals surface area contributed by atoms with Crippen molar-refractivity contribution in [1.29, 1.82) is 0 Å². The molecule has 1 fully saturated rings. The Morgan fingerprint density at radius 3 is 2.71 bits per heavy atom. The molecule has 0 bridgehead atoms. The lowest BCUT2D eigenvalue weighted by Gasteiger charge is -2.24. The number of benzene rings is 2. The summed E-state index contributed by atoms with van der Waals surface area (Å²) < 4.78 is 10.9. The number of aryl methyl sites for hydroxylation is 1. The number of esters is 1. The Labute approximate surface area is 175 Å². The number of ether oxygens (including phenoxy) is 2. The van der Waals surface area contributed by atoms with Gasteiger partial charge in [0.1, 0.15) is 12.4 Å². The topological polar surface area (TPSA) is 38.8 Å². The minimum absolute atomic E-state index is 0.00275. The molecule has 0 N–H and O–H groups in total. The summed E-state index contributed by atoms with van der Waals surface area (Å²) in [6, 6.07) is 12.1. The maximum absolute atomic E-state index is 11.8. The summed E-state index contributed by atoms with van der Waals surface area (Å²) in [6.07, 6.45) is 2.96. The lowest BCUT2D eigenvalue weighted by Crippen LogP contribution is -2.27. The molecule has 1 saturated heterocycles.